The van der Waals surface area contributed by atoms with E-state index in [1.807, 2.05) is 60.9 Å². The van der Waals surface area contributed by atoms with Crippen molar-refractivity contribution in [2.75, 3.05) is 0 Å². The highest BCUT2D eigenvalue weighted by molar-refractivity contribution is 5.73. The lowest BCUT2D eigenvalue weighted by atomic mass is 9.63. The van der Waals surface area contributed by atoms with Crippen LogP contribution in [0.15, 0.2) is 106 Å². The van der Waals surface area contributed by atoms with Crippen LogP contribution in [0.4, 0.5) is 0 Å². The number of benzene rings is 1. The molecule has 0 aliphatic heterocycles. The fourth-order valence-corrected chi connectivity index (χ4v) is 4.80. The smallest absolute Gasteiger partial charge is 0.248 e. The molecule has 4 rings (SSSR count). The van der Waals surface area contributed by atoms with Crippen molar-refractivity contribution in [2.24, 2.45) is 10.9 Å². The monoisotopic (exact) mass is 408 g/mol. The molecule has 0 fully saturated rings. The second kappa shape index (κ2) is 9.13. The number of aromatic amines is 1. The predicted octanol–water partition coefficient (Wildman–Crippen LogP) is 5.94. The largest absolute Gasteiger partial charge is 0.326 e. The number of hydrogen-bond acceptors (Lipinski definition) is 2. The van der Waals surface area contributed by atoms with Crippen molar-refractivity contribution in [3.05, 3.63) is 123 Å². The summed E-state index contributed by atoms with van der Waals surface area (Å²) in [7, 11) is 0. The molecule has 1 aromatic carbocycles. The van der Waals surface area contributed by atoms with Crippen LogP contribution < -0.4 is 5.56 Å². The molecule has 2 aliphatic carbocycles. The molecule has 2 atom stereocenters. The zero-order valence-corrected chi connectivity index (χ0v) is 18.1. The first-order chi connectivity index (χ1) is 15.1. The van der Waals surface area contributed by atoms with Gasteiger partial charge in [0.05, 0.1) is 0 Å². The Bertz CT molecular complexity index is 1170. The van der Waals surface area contributed by atoms with E-state index in [2.05, 4.69) is 49.2 Å². The lowest BCUT2D eigenvalue weighted by Crippen LogP contribution is -2.40. The van der Waals surface area contributed by atoms with Crippen LogP contribution in [0.1, 0.15) is 37.1 Å². The number of nitrogens with zero attached hydrogens (tertiary/aromatic N) is 1. The Morgan fingerprint density at radius 3 is 2.61 bits per heavy atom. The summed E-state index contributed by atoms with van der Waals surface area (Å²) in [5.74, 6) is 0.286. The molecule has 1 N–H and O–H groups in total. The van der Waals surface area contributed by atoms with E-state index in [4.69, 9.17) is 4.99 Å². The van der Waals surface area contributed by atoms with E-state index in [0.717, 1.165) is 24.1 Å². The van der Waals surface area contributed by atoms with Crippen LogP contribution >= 0.6 is 0 Å². The van der Waals surface area contributed by atoms with Crippen molar-refractivity contribution in [1.29, 1.82) is 0 Å². The summed E-state index contributed by atoms with van der Waals surface area (Å²) >= 11 is 0. The molecule has 0 unspecified atom stereocenters. The van der Waals surface area contributed by atoms with Crippen LogP contribution in [0.3, 0.4) is 0 Å². The molecule has 3 heteroatoms. The van der Waals surface area contributed by atoms with Crippen molar-refractivity contribution in [1.82, 2.24) is 4.98 Å². The number of aromatic nitrogens is 1. The van der Waals surface area contributed by atoms with E-state index in [1.165, 1.54) is 16.7 Å². The fraction of sp³-hybridized carbons (Fsp3) is 0.214. The van der Waals surface area contributed by atoms with E-state index in [0.29, 0.717) is 0 Å². The van der Waals surface area contributed by atoms with Crippen LogP contribution in [0.5, 0.6) is 0 Å². The number of fused-ring (bicyclic) bond motifs is 4. The minimum absolute atomic E-state index is 0.0471. The first-order valence-electron chi connectivity index (χ1n) is 10.8. The lowest BCUT2D eigenvalue weighted by Gasteiger charge is -2.45. The summed E-state index contributed by atoms with van der Waals surface area (Å²) in [6, 6.07) is 13.8. The number of pyridine rings is 1. The number of rotatable bonds is 5. The van der Waals surface area contributed by atoms with E-state index in [1.54, 1.807) is 6.07 Å². The van der Waals surface area contributed by atoms with Gasteiger partial charge in [-0.1, -0.05) is 78.4 Å². The van der Waals surface area contributed by atoms with Crippen molar-refractivity contribution < 1.29 is 0 Å². The molecule has 0 amide bonds. The highest BCUT2D eigenvalue weighted by Gasteiger charge is 2.46. The molecule has 2 aromatic rings. The highest BCUT2D eigenvalue weighted by Crippen LogP contribution is 2.51. The molecule has 0 spiro atoms. The lowest BCUT2D eigenvalue weighted by molar-refractivity contribution is 0.413. The molecule has 1 heterocycles. The van der Waals surface area contributed by atoms with Gasteiger partial charge in [0, 0.05) is 35.9 Å². The van der Waals surface area contributed by atoms with Crippen molar-refractivity contribution in [2.45, 2.75) is 32.2 Å². The SMILES string of the molecule is C/C=C1\[C@H]2C=C(C)C[C@]1(N=CC=CC=CC=Cc1ccccc1)c1ccc(=O)[nH]c1C2. The topological polar surface area (TPSA) is 45.2 Å². The Kier molecular flexibility index (Phi) is 6.13. The van der Waals surface area contributed by atoms with Crippen LogP contribution in [0, 0.1) is 5.92 Å². The van der Waals surface area contributed by atoms with E-state index in [9.17, 15) is 4.79 Å². The average Bonchev–Trinajstić information content (AvgIpc) is 2.75. The third-order valence-corrected chi connectivity index (χ3v) is 5.99. The van der Waals surface area contributed by atoms with Crippen LogP contribution in [-0.4, -0.2) is 11.2 Å². The van der Waals surface area contributed by atoms with Crippen LogP contribution in [0.2, 0.25) is 0 Å². The van der Waals surface area contributed by atoms with Crippen molar-refractivity contribution in [3.8, 4) is 0 Å². The second-order valence-corrected chi connectivity index (χ2v) is 8.14. The molecular formula is C28H28N2O. The van der Waals surface area contributed by atoms with Crippen molar-refractivity contribution in [3.63, 3.8) is 0 Å². The first-order valence-corrected chi connectivity index (χ1v) is 10.8. The van der Waals surface area contributed by atoms with E-state index >= 15 is 0 Å². The molecule has 0 saturated heterocycles. The van der Waals surface area contributed by atoms with Gasteiger partial charge in [-0.15, -0.1) is 0 Å². The minimum Gasteiger partial charge on any atom is -0.326 e. The number of hydrogen-bond donors (Lipinski definition) is 1. The van der Waals surface area contributed by atoms with E-state index in [-0.39, 0.29) is 11.5 Å². The third kappa shape index (κ3) is 4.36. The standard InChI is InChI=1S/C28H28N2O/c1-3-24-23-18-21(2)20-28(24,25-15-16-27(31)30-26(25)19-23)29-17-11-6-4-5-8-12-22-13-9-7-10-14-22/h3-18,23H,19-20H2,1-2H3,(H,30,31)/b5-4?,11-6?,12-8?,24-3+,29-17?/t23-,28+/m0/s1. The molecule has 0 saturated carbocycles. The fourth-order valence-electron chi connectivity index (χ4n) is 4.80. The highest BCUT2D eigenvalue weighted by atomic mass is 16.1. The maximum absolute atomic E-state index is 11.9. The van der Waals surface area contributed by atoms with E-state index < -0.39 is 5.54 Å². The molecule has 156 valence electrons. The van der Waals surface area contributed by atoms with Gasteiger partial charge in [0.25, 0.3) is 0 Å². The number of aliphatic imine (C=N–C) groups is 1. The Morgan fingerprint density at radius 1 is 1.03 bits per heavy atom. The molecule has 3 nitrogen and oxygen atoms in total. The summed E-state index contributed by atoms with van der Waals surface area (Å²) in [4.78, 5) is 20.0. The molecule has 0 radical (unpaired) electrons. The van der Waals surface area contributed by atoms with Gasteiger partial charge in [-0.05, 0) is 43.5 Å². The zero-order valence-electron chi connectivity index (χ0n) is 18.1. The maximum Gasteiger partial charge on any atom is 0.248 e. The van der Waals surface area contributed by atoms with Gasteiger partial charge < -0.3 is 4.98 Å². The molecular weight excluding hydrogens is 380 g/mol. The van der Waals surface area contributed by atoms with Gasteiger partial charge in [0.15, 0.2) is 0 Å². The molecule has 2 aliphatic rings. The molecule has 31 heavy (non-hydrogen) atoms. The first kappa shape index (κ1) is 20.8. The summed E-state index contributed by atoms with van der Waals surface area (Å²) in [5.41, 5.74) is 5.50. The Labute approximate surface area is 184 Å². The predicted molar refractivity (Wildman–Crippen MR) is 130 cm³/mol. The summed E-state index contributed by atoms with van der Waals surface area (Å²) < 4.78 is 0. The van der Waals surface area contributed by atoms with Crippen LogP contribution in [0.25, 0.3) is 6.08 Å². The molecule has 1 aromatic heterocycles. The van der Waals surface area contributed by atoms with Crippen molar-refractivity contribution >= 4 is 12.3 Å². The Morgan fingerprint density at radius 2 is 1.81 bits per heavy atom. The van der Waals surface area contributed by atoms with Gasteiger partial charge >= 0.3 is 0 Å². The minimum atomic E-state index is -0.433. The van der Waals surface area contributed by atoms with Gasteiger partial charge in [0.1, 0.15) is 5.54 Å². The van der Waals surface area contributed by atoms with Gasteiger partial charge in [0.2, 0.25) is 5.56 Å². The Balaban J connectivity index is 1.56. The number of nitrogens with one attached hydrogen (secondary N) is 1. The van der Waals surface area contributed by atoms with Gasteiger partial charge in [-0.3, -0.25) is 9.79 Å². The second-order valence-electron chi connectivity index (χ2n) is 8.14. The number of allylic oxidation sites excluding steroid dienone is 7. The zero-order chi connectivity index (χ0) is 21.7. The van der Waals surface area contributed by atoms with Crippen LogP contribution in [-0.2, 0) is 12.0 Å². The summed E-state index contributed by atoms with van der Waals surface area (Å²) in [5, 5.41) is 0. The third-order valence-electron chi connectivity index (χ3n) is 5.99. The summed E-state index contributed by atoms with van der Waals surface area (Å²) in [6.07, 6.45) is 20.2. The average molecular weight is 409 g/mol. The Hall–Kier alpha value is -3.46. The summed E-state index contributed by atoms with van der Waals surface area (Å²) in [6.45, 7) is 4.27. The normalized spacial score (nSPS) is 24.5. The van der Waals surface area contributed by atoms with Gasteiger partial charge in [-0.25, -0.2) is 0 Å². The maximum atomic E-state index is 11.9. The number of H-pyrrole nitrogens is 1. The van der Waals surface area contributed by atoms with Gasteiger partial charge in [-0.2, -0.15) is 0 Å². The quantitative estimate of drug-likeness (QED) is 0.372. The molecule has 2 bridgehead atoms.